The largest absolute Gasteiger partial charge is 0.327 e. The lowest BCUT2D eigenvalue weighted by Gasteiger charge is -2.22. The van der Waals surface area contributed by atoms with Gasteiger partial charge in [0.15, 0.2) is 0 Å². The molecule has 2 aliphatic rings. The summed E-state index contributed by atoms with van der Waals surface area (Å²) in [4.78, 5) is 39.2. The average Bonchev–Trinajstić information content (AvgIpc) is 3.13. The van der Waals surface area contributed by atoms with Gasteiger partial charge < -0.3 is 10.2 Å². The van der Waals surface area contributed by atoms with E-state index < -0.39 is 0 Å². The molecule has 7 heteroatoms. The highest BCUT2D eigenvalue weighted by molar-refractivity contribution is 14.1. The van der Waals surface area contributed by atoms with Gasteiger partial charge in [-0.05, 0) is 59.7 Å². The standard InChI is InChI=1S/C16H18IN3O3/c17-11-5-7-12(8-6-11)18-14(21)9-20-15(22)10-19(16(20)23)13-3-1-2-4-13/h5-8,13H,1-4,9-10H2,(H,18,21). The molecular weight excluding hydrogens is 409 g/mol. The Hall–Kier alpha value is -1.64. The molecule has 122 valence electrons. The number of hydrogen-bond donors (Lipinski definition) is 1. The van der Waals surface area contributed by atoms with Crippen LogP contribution in [0.4, 0.5) is 10.5 Å². The van der Waals surface area contributed by atoms with E-state index in [0.717, 1.165) is 34.2 Å². The van der Waals surface area contributed by atoms with Crippen molar-refractivity contribution in [3.8, 4) is 0 Å². The summed E-state index contributed by atoms with van der Waals surface area (Å²) in [5, 5.41) is 2.71. The zero-order valence-corrected chi connectivity index (χ0v) is 14.8. The van der Waals surface area contributed by atoms with E-state index in [1.54, 1.807) is 17.0 Å². The van der Waals surface area contributed by atoms with E-state index in [2.05, 4.69) is 27.9 Å². The monoisotopic (exact) mass is 427 g/mol. The van der Waals surface area contributed by atoms with Gasteiger partial charge in [0.05, 0.1) is 0 Å². The summed E-state index contributed by atoms with van der Waals surface area (Å²) in [6, 6.07) is 7.15. The van der Waals surface area contributed by atoms with Crippen LogP contribution in [0.3, 0.4) is 0 Å². The van der Waals surface area contributed by atoms with E-state index >= 15 is 0 Å². The van der Waals surface area contributed by atoms with Crippen LogP contribution in [-0.4, -0.2) is 46.8 Å². The highest BCUT2D eigenvalue weighted by Crippen LogP contribution is 2.26. The van der Waals surface area contributed by atoms with Gasteiger partial charge in [0, 0.05) is 15.3 Å². The summed E-state index contributed by atoms with van der Waals surface area (Å²) < 4.78 is 1.07. The van der Waals surface area contributed by atoms with E-state index in [0.29, 0.717) is 5.69 Å². The first-order chi connectivity index (χ1) is 11.0. The van der Waals surface area contributed by atoms with Crippen molar-refractivity contribution < 1.29 is 14.4 Å². The first kappa shape index (κ1) is 16.2. The van der Waals surface area contributed by atoms with Crippen molar-refractivity contribution in [3.05, 3.63) is 27.8 Å². The molecule has 0 bridgehead atoms. The topological polar surface area (TPSA) is 69.7 Å². The van der Waals surface area contributed by atoms with Gasteiger partial charge in [0.25, 0.3) is 5.91 Å². The Balaban J connectivity index is 1.60. The quantitative estimate of drug-likeness (QED) is 0.593. The van der Waals surface area contributed by atoms with Crippen molar-refractivity contribution in [2.45, 2.75) is 31.7 Å². The lowest BCUT2D eigenvalue weighted by molar-refractivity contribution is -0.129. The molecule has 1 aliphatic heterocycles. The minimum absolute atomic E-state index is 0.0975. The SMILES string of the molecule is O=C(CN1C(=O)CN(C2CCCC2)C1=O)Nc1ccc(I)cc1. The second kappa shape index (κ2) is 6.86. The van der Waals surface area contributed by atoms with Gasteiger partial charge in [-0.15, -0.1) is 0 Å². The summed E-state index contributed by atoms with van der Waals surface area (Å²) in [6.45, 7) is -0.132. The fourth-order valence-corrected chi connectivity index (χ4v) is 3.45. The number of urea groups is 1. The lowest BCUT2D eigenvalue weighted by Crippen LogP contribution is -2.41. The molecule has 0 radical (unpaired) electrons. The van der Waals surface area contributed by atoms with Gasteiger partial charge in [0.1, 0.15) is 13.1 Å². The lowest BCUT2D eigenvalue weighted by atomic mass is 10.2. The Morgan fingerprint density at radius 1 is 1.17 bits per heavy atom. The molecule has 0 unspecified atom stereocenters. The van der Waals surface area contributed by atoms with Crippen LogP contribution in [0.1, 0.15) is 25.7 Å². The van der Waals surface area contributed by atoms with Gasteiger partial charge in [-0.2, -0.15) is 0 Å². The average molecular weight is 427 g/mol. The molecule has 0 aromatic heterocycles. The van der Waals surface area contributed by atoms with E-state index in [9.17, 15) is 14.4 Å². The van der Waals surface area contributed by atoms with Crippen LogP contribution in [0.2, 0.25) is 0 Å². The highest BCUT2D eigenvalue weighted by atomic mass is 127. The molecular formula is C16H18IN3O3. The summed E-state index contributed by atoms with van der Waals surface area (Å²) in [7, 11) is 0. The molecule has 1 saturated carbocycles. The number of amides is 4. The molecule has 2 fully saturated rings. The van der Waals surface area contributed by atoms with E-state index in [1.165, 1.54) is 0 Å². The Labute approximate surface area is 148 Å². The van der Waals surface area contributed by atoms with Crippen molar-refractivity contribution in [1.29, 1.82) is 0 Å². The number of carbonyl (C=O) groups is 3. The summed E-state index contributed by atoms with van der Waals surface area (Å²) >= 11 is 2.18. The van der Waals surface area contributed by atoms with Crippen molar-refractivity contribution in [2.75, 3.05) is 18.4 Å². The molecule has 6 nitrogen and oxygen atoms in total. The third-order valence-electron chi connectivity index (χ3n) is 4.28. The number of imide groups is 1. The molecule has 4 amide bonds. The number of anilines is 1. The maximum Gasteiger partial charge on any atom is 0.327 e. The number of halogens is 1. The molecule has 1 aliphatic carbocycles. The van der Waals surface area contributed by atoms with Gasteiger partial charge in [-0.1, -0.05) is 12.8 Å². The number of nitrogens with zero attached hydrogens (tertiary/aromatic N) is 2. The predicted molar refractivity (Wildman–Crippen MR) is 93.9 cm³/mol. The van der Waals surface area contributed by atoms with Crippen LogP contribution < -0.4 is 5.32 Å². The molecule has 1 aromatic rings. The Morgan fingerprint density at radius 2 is 1.83 bits per heavy atom. The van der Waals surface area contributed by atoms with Crippen molar-refractivity contribution in [3.63, 3.8) is 0 Å². The van der Waals surface area contributed by atoms with Crippen molar-refractivity contribution in [1.82, 2.24) is 9.80 Å². The first-order valence-electron chi connectivity index (χ1n) is 7.71. The van der Waals surface area contributed by atoms with Crippen molar-refractivity contribution >= 4 is 46.1 Å². The second-order valence-corrected chi connectivity index (χ2v) is 7.13. The molecule has 3 rings (SSSR count). The third kappa shape index (κ3) is 3.65. The molecule has 0 atom stereocenters. The highest BCUT2D eigenvalue weighted by Gasteiger charge is 2.41. The number of nitrogens with one attached hydrogen (secondary N) is 1. The number of hydrogen-bond acceptors (Lipinski definition) is 3. The van der Waals surface area contributed by atoms with E-state index in [1.807, 2.05) is 12.1 Å². The molecule has 0 spiro atoms. The van der Waals surface area contributed by atoms with Gasteiger partial charge >= 0.3 is 6.03 Å². The van der Waals surface area contributed by atoms with E-state index in [4.69, 9.17) is 0 Å². The van der Waals surface area contributed by atoms with Crippen LogP contribution in [0.5, 0.6) is 0 Å². The minimum Gasteiger partial charge on any atom is -0.325 e. The molecule has 1 aromatic carbocycles. The summed E-state index contributed by atoms with van der Waals surface area (Å²) in [5.41, 5.74) is 0.655. The molecule has 1 saturated heterocycles. The van der Waals surface area contributed by atoms with Gasteiger partial charge in [-0.3, -0.25) is 14.5 Å². The first-order valence-corrected chi connectivity index (χ1v) is 8.79. The Morgan fingerprint density at radius 3 is 2.48 bits per heavy atom. The van der Waals surface area contributed by atoms with Crippen LogP contribution in [0, 0.1) is 3.57 Å². The maximum atomic E-state index is 12.4. The number of benzene rings is 1. The van der Waals surface area contributed by atoms with Crippen LogP contribution in [-0.2, 0) is 9.59 Å². The zero-order chi connectivity index (χ0) is 16.4. The van der Waals surface area contributed by atoms with E-state index in [-0.39, 0.29) is 37.0 Å². The summed E-state index contributed by atoms with van der Waals surface area (Å²) in [6.07, 6.45) is 4.08. The van der Waals surface area contributed by atoms with Gasteiger partial charge in [-0.25, -0.2) is 4.79 Å². The maximum absolute atomic E-state index is 12.4. The van der Waals surface area contributed by atoms with Crippen molar-refractivity contribution in [2.24, 2.45) is 0 Å². The molecule has 23 heavy (non-hydrogen) atoms. The third-order valence-corrected chi connectivity index (χ3v) is 5.00. The fourth-order valence-electron chi connectivity index (χ4n) is 3.09. The summed E-state index contributed by atoms with van der Waals surface area (Å²) in [5.74, 6) is -0.652. The molecule has 1 heterocycles. The number of rotatable bonds is 4. The van der Waals surface area contributed by atoms with Crippen LogP contribution in [0.15, 0.2) is 24.3 Å². The molecule has 1 N–H and O–H groups in total. The zero-order valence-electron chi connectivity index (χ0n) is 12.6. The predicted octanol–water partition coefficient (Wildman–Crippen LogP) is 2.44. The van der Waals surface area contributed by atoms with Crippen LogP contribution >= 0.6 is 22.6 Å². The second-order valence-electron chi connectivity index (χ2n) is 5.88. The number of carbonyl (C=O) groups excluding carboxylic acids is 3. The fraction of sp³-hybridized carbons (Fsp3) is 0.438. The smallest absolute Gasteiger partial charge is 0.325 e. The normalized spacial score (nSPS) is 18.8. The minimum atomic E-state index is -0.360. The van der Waals surface area contributed by atoms with Crippen LogP contribution in [0.25, 0.3) is 0 Å². The van der Waals surface area contributed by atoms with Gasteiger partial charge in [0.2, 0.25) is 5.91 Å². The Kier molecular flexibility index (Phi) is 4.84. The Bertz CT molecular complexity index is 626.